The molecule has 3 aromatic rings. The fourth-order valence-electron chi connectivity index (χ4n) is 8.69. The number of aryl methyl sites for hydroxylation is 1. The Hall–Kier alpha value is -4.16. The van der Waals surface area contributed by atoms with Crippen LogP contribution in [0.2, 0.25) is 0 Å². The van der Waals surface area contributed by atoms with Crippen molar-refractivity contribution < 1.29 is 28.6 Å². The molecule has 5 heterocycles. The molecule has 0 unspecified atom stereocenters. The number of hydrogen-bond acceptors (Lipinski definition) is 7. The van der Waals surface area contributed by atoms with Crippen LogP contribution in [0.4, 0.5) is 21.5 Å². The lowest BCUT2D eigenvalue weighted by molar-refractivity contribution is -0.146. The van der Waals surface area contributed by atoms with Crippen molar-refractivity contribution in [2.24, 2.45) is 11.8 Å². The van der Waals surface area contributed by atoms with Crippen LogP contribution in [0.3, 0.4) is 0 Å². The summed E-state index contributed by atoms with van der Waals surface area (Å²) in [6.45, 7) is 6.94. The van der Waals surface area contributed by atoms with Crippen LogP contribution in [0.1, 0.15) is 82.5 Å². The molecule has 0 aliphatic carbocycles. The average Bonchev–Trinajstić information content (AvgIpc) is 3.74. The number of piperidine rings is 2. The molecule has 0 saturated carbocycles. The predicted molar refractivity (Wildman–Crippen MR) is 186 cm³/mol. The van der Waals surface area contributed by atoms with Gasteiger partial charge in [-0.15, -0.1) is 5.10 Å². The van der Waals surface area contributed by atoms with E-state index in [0.29, 0.717) is 67.9 Å². The van der Waals surface area contributed by atoms with Crippen molar-refractivity contribution in [1.29, 1.82) is 0 Å². The first kappa shape index (κ1) is 34.3. The minimum absolute atomic E-state index is 0.0339. The Labute approximate surface area is 292 Å². The number of carbonyl (C=O) groups excluding carboxylic acids is 3. The first-order valence-electron chi connectivity index (χ1n) is 18.0. The number of fused-ring (bicyclic) bond motifs is 2. The van der Waals surface area contributed by atoms with E-state index in [2.05, 4.69) is 10.3 Å². The van der Waals surface area contributed by atoms with Gasteiger partial charge >= 0.3 is 0 Å². The fraction of sp³-hybridized carbons (Fsp3) is 0.553. The molecule has 4 atom stereocenters. The van der Waals surface area contributed by atoms with Crippen molar-refractivity contribution in [2.75, 3.05) is 34.4 Å². The van der Waals surface area contributed by atoms with Gasteiger partial charge in [0.1, 0.15) is 5.67 Å². The number of aromatic nitrogens is 3. The third-order valence-corrected chi connectivity index (χ3v) is 11.1. The summed E-state index contributed by atoms with van der Waals surface area (Å²) in [7, 11) is 0. The molecule has 266 valence electrons. The summed E-state index contributed by atoms with van der Waals surface area (Å²) < 4.78 is 24.9. The van der Waals surface area contributed by atoms with E-state index >= 15 is 4.39 Å². The summed E-state index contributed by atoms with van der Waals surface area (Å²) in [4.78, 5) is 45.9. The molecule has 1 spiro atoms. The summed E-state index contributed by atoms with van der Waals surface area (Å²) in [5, 5.41) is 17.6. The highest BCUT2D eigenvalue weighted by atomic mass is 19.1. The minimum atomic E-state index is -1.67. The molecule has 11 nitrogen and oxygen atoms in total. The Morgan fingerprint density at radius 1 is 0.960 bits per heavy atom. The number of aliphatic hydroxyl groups excluding tert-OH is 1. The number of benzene rings is 2. The number of halogens is 1. The monoisotopic (exact) mass is 686 g/mol. The van der Waals surface area contributed by atoms with Crippen LogP contribution in [-0.4, -0.2) is 69.3 Å². The molecular weight excluding hydrogens is 639 g/mol. The van der Waals surface area contributed by atoms with Gasteiger partial charge in [-0.3, -0.25) is 19.1 Å². The lowest BCUT2D eigenvalue weighted by Gasteiger charge is -2.33. The average molecular weight is 687 g/mol. The van der Waals surface area contributed by atoms with Gasteiger partial charge in [0, 0.05) is 80.5 Å². The summed E-state index contributed by atoms with van der Waals surface area (Å²) in [6.07, 6.45) is 6.59. The number of amides is 3. The second-order valence-electron chi connectivity index (χ2n) is 14.8. The highest BCUT2D eigenvalue weighted by molar-refractivity contribution is 6.08. The Morgan fingerprint density at radius 2 is 1.62 bits per heavy atom. The lowest BCUT2D eigenvalue weighted by Crippen LogP contribution is -2.45. The number of hydrogen-bond donors (Lipinski definition) is 1. The Bertz CT molecular complexity index is 1750. The summed E-state index contributed by atoms with van der Waals surface area (Å²) in [5.74, 6) is -1.24. The van der Waals surface area contributed by atoms with Crippen molar-refractivity contribution in [3.8, 4) is 0 Å². The van der Waals surface area contributed by atoms with E-state index in [0.717, 1.165) is 36.9 Å². The number of anilines is 3. The largest absolute Gasteiger partial charge is 0.396 e. The van der Waals surface area contributed by atoms with Gasteiger partial charge in [0.2, 0.25) is 11.8 Å². The van der Waals surface area contributed by atoms with Crippen LogP contribution >= 0.6 is 0 Å². The van der Waals surface area contributed by atoms with Gasteiger partial charge in [-0.25, -0.2) is 4.39 Å². The molecule has 7 rings (SSSR count). The Kier molecular flexibility index (Phi) is 9.27. The fourth-order valence-corrected chi connectivity index (χ4v) is 8.69. The van der Waals surface area contributed by atoms with E-state index in [9.17, 15) is 19.5 Å². The molecule has 4 aliphatic heterocycles. The zero-order valence-electron chi connectivity index (χ0n) is 29.2. The molecule has 4 aliphatic rings. The summed E-state index contributed by atoms with van der Waals surface area (Å²) >= 11 is 0. The maximum atomic E-state index is 16.3. The highest BCUT2D eigenvalue weighted by Gasteiger charge is 2.66. The zero-order chi connectivity index (χ0) is 35.2. The summed E-state index contributed by atoms with van der Waals surface area (Å²) in [5.41, 5.74) is 1.32. The van der Waals surface area contributed by atoms with Crippen molar-refractivity contribution in [3.63, 3.8) is 0 Å². The van der Waals surface area contributed by atoms with Crippen LogP contribution in [0.5, 0.6) is 0 Å². The van der Waals surface area contributed by atoms with Gasteiger partial charge in [-0.2, -0.15) is 0 Å². The number of carbonyl (C=O) groups is 3. The van der Waals surface area contributed by atoms with Crippen molar-refractivity contribution in [2.45, 2.75) is 103 Å². The SMILES string of the molecule is C[C@H]1[C@H](C(C)(C)F)[C@@H](CCn2cc(CCO)nn2)O[C@]12C(=O)N(Cc1ccc(N3CCCCC3=O)cc1)c1ccc(N3CCCCC3=O)cc12. The second kappa shape index (κ2) is 13.5. The van der Waals surface area contributed by atoms with E-state index in [4.69, 9.17) is 4.74 Å². The summed E-state index contributed by atoms with van der Waals surface area (Å²) in [6, 6.07) is 13.5. The molecular formula is C38H47FN6O5. The van der Waals surface area contributed by atoms with Gasteiger partial charge in [0.15, 0.2) is 5.60 Å². The molecule has 1 N–H and O–H groups in total. The second-order valence-corrected chi connectivity index (χ2v) is 14.8. The van der Waals surface area contributed by atoms with E-state index in [-0.39, 0.29) is 30.9 Å². The number of ether oxygens (including phenoxy) is 1. The first-order chi connectivity index (χ1) is 24.0. The topological polar surface area (TPSA) is 121 Å². The van der Waals surface area contributed by atoms with Gasteiger partial charge in [0.25, 0.3) is 5.91 Å². The third kappa shape index (κ3) is 6.10. The Balaban J connectivity index is 1.24. The molecule has 0 bridgehead atoms. The number of alkyl halides is 1. The standard InChI is InChI=1S/C38H47FN6O5/c1-25-35(37(2,3)39)32(16-20-42-24-27(17-21-46)40-41-42)50-38(25)30-22-29(44-19-7-5-9-34(44)48)14-15-31(30)45(36(38)49)23-26-10-12-28(13-11-26)43-18-6-4-8-33(43)47/h10-15,22,24-25,32,35,46H,4-9,16-21,23H2,1-3H3/t25-,32+,35-,38+/m0/s1. The van der Waals surface area contributed by atoms with Gasteiger partial charge < -0.3 is 24.5 Å². The first-order valence-corrected chi connectivity index (χ1v) is 18.0. The lowest BCUT2D eigenvalue weighted by atomic mass is 9.71. The van der Waals surface area contributed by atoms with Crippen molar-refractivity contribution in [3.05, 3.63) is 65.5 Å². The minimum Gasteiger partial charge on any atom is -0.396 e. The van der Waals surface area contributed by atoms with E-state index in [1.807, 2.05) is 54.3 Å². The smallest absolute Gasteiger partial charge is 0.264 e. The molecule has 3 amide bonds. The van der Waals surface area contributed by atoms with Crippen molar-refractivity contribution >= 4 is 34.8 Å². The van der Waals surface area contributed by atoms with Crippen molar-refractivity contribution in [1.82, 2.24) is 15.0 Å². The molecule has 3 saturated heterocycles. The zero-order valence-corrected chi connectivity index (χ0v) is 29.2. The van der Waals surface area contributed by atoms with Gasteiger partial charge in [0.05, 0.1) is 24.0 Å². The maximum absolute atomic E-state index is 16.3. The molecule has 2 aromatic carbocycles. The van der Waals surface area contributed by atoms with Crippen LogP contribution in [0.15, 0.2) is 48.7 Å². The van der Waals surface area contributed by atoms with Crippen LogP contribution in [0, 0.1) is 11.8 Å². The molecule has 0 radical (unpaired) electrons. The van der Waals surface area contributed by atoms with E-state index < -0.39 is 29.2 Å². The molecule has 12 heteroatoms. The maximum Gasteiger partial charge on any atom is 0.264 e. The number of aliphatic hydroxyl groups is 1. The molecule has 50 heavy (non-hydrogen) atoms. The van der Waals surface area contributed by atoms with Gasteiger partial charge in [-0.1, -0.05) is 24.3 Å². The number of nitrogens with zero attached hydrogens (tertiary/aromatic N) is 6. The Morgan fingerprint density at radius 3 is 2.26 bits per heavy atom. The third-order valence-electron chi connectivity index (χ3n) is 11.1. The number of rotatable bonds is 10. The van der Waals surface area contributed by atoms with Crippen LogP contribution in [-0.2, 0) is 44.2 Å². The van der Waals surface area contributed by atoms with E-state index in [1.165, 1.54) is 0 Å². The van der Waals surface area contributed by atoms with Gasteiger partial charge in [-0.05, 0) is 81.8 Å². The van der Waals surface area contributed by atoms with Crippen LogP contribution in [0.25, 0.3) is 0 Å². The molecule has 1 aromatic heterocycles. The normalized spacial score (nSPS) is 25.7. The highest BCUT2D eigenvalue weighted by Crippen LogP contribution is 2.59. The van der Waals surface area contributed by atoms with Crippen LogP contribution < -0.4 is 14.7 Å². The quantitative estimate of drug-likeness (QED) is 0.316. The molecule has 3 fully saturated rings. The predicted octanol–water partition coefficient (Wildman–Crippen LogP) is 5.08. The van der Waals surface area contributed by atoms with E-state index in [1.54, 1.807) is 34.5 Å².